The van der Waals surface area contributed by atoms with Gasteiger partial charge in [-0.05, 0) is 17.7 Å². The Hall–Kier alpha value is -1.97. The van der Waals surface area contributed by atoms with Gasteiger partial charge in [-0.25, -0.2) is 4.99 Å². The number of amidine groups is 1. The maximum atomic E-state index is 11.7. The number of amides is 1. The molecule has 1 unspecified atom stereocenters. The van der Waals surface area contributed by atoms with Gasteiger partial charge < -0.3 is 11.5 Å². The van der Waals surface area contributed by atoms with E-state index in [4.69, 9.17) is 23.1 Å². The molecule has 1 aromatic carbocycles. The number of thiol groups is 1. The number of nitrogens with zero attached hydrogens (tertiary/aromatic N) is 2. The van der Waals surface area contributed by atoms with E-state index in [2.05, 4.69) is 23.7 Å². The number of nitrogens with two attached hydrogens (primary N) is 2. The summed E-state index contributed by atoms with van der Waals surface area (Å²) in [6, 6.07) is 8.90. The number of nitriles is 1. The summed E-state index contributed by atoms with van der Waals surface area (Å²) in [5.41, 5.74) is 12.0. The van der Waals surface area contributed by atoms with Crippen molar-refractivity contribution in [1.82, 2.24) is 0 Å². The molecule has 1 aromatic rings. The molecule has 20 heavy (non-hydrogen) atoms. The van der Waals surface area contributed by atoms with Gasteiger partial charge in [-0.3, -0.25) is 4.79 Å². The summed E-state index contributed by atoms with van der Waals surface area (Å²) in [5.74, 6) is -1.99. The molecular weight excluding hydrogens is 296 g/mol. The van der Waals surface area contributed by atoms with Crippen molar-refractivity contribution < 1.29 is 4.79 Å². The summed E-state index contributed by atoms with van der Waals surface area (Å²) < 4.78 is 0. The molecule has 0 fully saturated rings. The minimum Gasteiger partial charge on any atom is -0.386 e. The van der Waals surface area contributed by atoms with E-state index in [1.165, 1.54) is 0 Å². The molecule has 1 heterocycles. The number of benzene rings is 1. The van der Waals surface area contributed by atoms with Gasteiger partial charge >= 0.3 is 0 Å². The fraction of sp³-hybridized carbons (Fsp3) is 0.154. The first-order valence-corrected chi connectivity index (χ1v) is 6.50. The molecule has 0 aliphatic carbocycles. The van der Waals surface area contributed by atoms with Gasteiger partial charge in [0.25, 0.3) is 0 Å². The Kier molecular flexibility index (Phi) is 4.02. The minimum atomic E-state index is -0.785. The Bertz CT molecular complexity index is 677. The summed E-state index contributed by atoms with van der Waals surface area (Å²) in [5, 5.41) is 9.93. The second-order valence-electron chi connectivity index (χ2n) is 4.28. The van der Waals surface area contributed by atoms with E-state index < -0.39 is 17.7 Å². The van der Waals surface area contributed by atoms with Gasteiger partial charge in [0.05, 0.1) is 11.6 Å². The lowest BCUT2D eigenvalue weighted by atomic mass is 9.79. The lowest BCUT2D eigenvalue weighted by molar-refractivity contribution is -0.114. The highest BCUT2D eigenvalue weighted by Gasteiger charge is 2.37. The highest BCUT2D eigenvalue weighted by Crippen LogP contribution is 2.39. The molecule has 102 valence electrons. The Balaban J connectivity index is 2.65. The van der Waals surface area contributed by atoms with Gasteiger partial charge in [-0.15, -0.1) is 12.6 Å². The van der Waals surface area contributed by atoms with Gasteiger partial charge in [0.2, 0.25) is 5.91 Å². The van der Waals surface area contributed by atoms with Crippen molar-refractivity contribution in [3.05, 3.63) is 45.5 Å². The van der Waals surface area contributed by atoms with Crippen LogP contribution in [-0.2, 0) is 4.79 Å². The fourth-order valence-corrected chi connectivity index (χ4v) is 2.76. The number of halogens is 1. The summed E-state index contributed by atoms with van der Waals surface area (Å²) in [7, 11) is 0. The van der Waals surface area contributed by atoms with Crippen molar-refractivity contribution in [1.29, 1.82) is 5.26 Å². The molecule has 5 nitrogen and oxygen atoms in total. The summed E-state index contributed by atoms with van der Waals surface area (Å²) in [4.78, 5) is 15.6. The first-order chi connectivity index (χ1) is 9.45. The minimum absolute atomic E-state index is 0.104. The quantitative estimate of drug-likeness (QED) is 0.722. The van der Waals surface area contributed by atoms with Gasteiger partial charge in [0, 0.05) is 10.9 Å². The van der Waals surface area contributed by atoms with Crippen molar-refractivity contribution in [3.63, 3.8) is 0 Å². The smallest absolute Gasteiger partial charge is 0.248 e. The number of carbonyl (C=O) groups is 1. The normalized spacial score (nSPS) is 22.1. The molecule has 0 bridgehead atoms. The van der Waals surface area contributed by atoms with E-state index in [-0.39, 0.29) is 16.4 Å². The average Bonchev–Trinajstić information content (AvgIpc) is 2.37. The predicted molar refractivity (Wildman–Crippen MR) is 80.1 cm³/mol. The number of aliphatic imine (C=N–C) groups is 1. The Labute approximate surface area is 126 Å². The molecular formula is C13H11ClN4OS. The third kappa shape index (κ3) is 2.50. The van der Waals surface area contributed by atoms with Crippen LogP contribution in [0.2, 0.25) is 5.02 Å². The molecule has 2 rings (SSSR count). The molecule has 7 heteroatoms. The zero-order valence-electron chi connectivity index (χ0n) is 10.2. The van der Waals surface area contributed by atoms with Gasteiger partial charge in [-0.1, -0.05) is 23.7 Å². The van der Waals surface area contributed by atoms with E-state index in [1.54, 1.807) is 24.3 Å². The zero-order chi connectivity index (χ0) is 14.9. The summed E-state index contributed by atoms with van der Waals surface area (Å²) >= 11 is 10.1. The molecule has 1 amide bonds. The van der Waals surface area contributed by atoms with E-state index >= 15 is 0 Å². The standard InChI is InChI=1S/C13H11ClN4OS/c14-7-3-1-2-6(4-7)9-8(5-15)11(16)18-13(20)10(9)12(17)19/h1-4,8-9,20H,(H2,16,18)(H2,17,19)/t8?,9-/m1/s1. The topological polar surface area (TPSA) is 105 Å². The van der Waals surface area contributed by atoms with Crippen LogP contribution in [0.5, 0.6) is 0 Å². The van der Waals surface area contributed by atoms with Gasteiger partial charge in [0.1, 0.15) is 16.8 Å². The highest BCUT2D eigenvalue weighted by atomic mass is 35.5. The van der Waals surface area contributed by atoms with E-state index in [1.807, 2.05) is 0 Å². The zero-order valence-corrected chi connectivity index (χ0v) is 11.9. The van der Waals surface area contributed by atoms with Crippen LogP contribution in [0, 0.1) is 17.2 Å². The third-order valence-electron chi connectivity index (χ3n) is 3.05. The molecule has 1 aliphatic rings. The Morgan fingerprint density at radius 3 is 2.75 bits per heavy atom. The van der Waals surface area contributed by atoms with Crippen LogP contribution in [0.4, 0.5) is 0 Å². The van der Waals surface area contributed by atoms with Crippen LogP contribution < -0.4 is 11.5 Å². The van der Waals surface area contributed by atoms with E-state index in [0.717, 1.165) is 0 Å². The summed E-state index contributed by atoms with van der Waals surface area (Å²) in [6.45, 7) is 0. The number of hydrogen-bond acceptors (Lipinski definition) is 5. The molecule has 0 spiro atoms. The average molecular weight is 307 g/mol. The molecule has 1 aliphatic heterocycles. The fourth-order valence-electron chi connectivity index (χ4n) is 2.19. The maximum absolute atomic E-state index is 11.7. The monoisotopic (exact) mass is 306 g/mol. The van der Waals surface area contributed by atoms with E-state index in [9.17, 15) is 10.1 Å². The first-order valence-electron chi connectivity index (χ1n) is 5.67. The second kappa shape index (κ2) is 5.57. The largest absolute Gasteiger partial charge is 0.386 e. The van der Waals surface area contributed by atoms with Crippen LogP contribution >= 0.6 is 24.2 Å². The lowest BCUT2D eigenvalue weighted by Crippen LogP contribution is -2.36. The van der Waals surface area contributed by atoms with Crippen molar-refractivity contribution in [2.75, 3.05) is 0 Å². The number of hydrogen-bond donors (Lipinski definition) is 3. The number of rotatable bonds is 2. The van der Waals surface area contributed by atoms with Crippen molar-refractivity contribution >= 4 is 36.0 Å². The molecule has 4 N–H and O–H groups in total. The van der Waals surface area contributed by atoms with Crippen LogP contribution in [0.25, 0.3) is 0 Å². The van der Waals surface area contributed by atoms with Crippen LogP contribution in [0.3, 0.4) is 0 Å². The number of carbonyl (C=O) groups excluding carboxylic acids is 1. The van der Waals surface area contributed by atoms with Crippen LogP contribution in [0.15, 0.2) is 39.9 Å². The Morgan fingerprint density at radius 1 is 1.50 bits per heavy atom. The van der Waals surface area contributed by atoms with Gasteiger partial charge in [0.15, 0.2) is 0 Å². The SMILES string of the molecule is N#CC1C(N)=NC(S)=C(C(N)=O)[C@@H]1c1cccc(Cl)c1. The third-order valence-corrected chi connectivity index (χ3v) is 3.63. The molecule has 0 radical (unpaired) electrons. The molecule has 0 aromatic heterocycles. The molecule has 0 saturated heterocycles. The van der Waals surface area contributed by atoms with Crippen LogP contribution in [0.1, 0.15) is 11.5 Å². The van der Waals surface area contributed by atoms with Crippen LogP contribution in [-0.4, -0.2) is 11.7 Å². The maximum Gasteiger partial charge on any atom is 0.248 e. The first kappa shape index (κ1) is 14.4. The predicted octanol–water partition coefficient (Wildman–Crippen LogP) is 1.56. The van der Waals surface area contributed by atoms with Crippen molar-refractivity contribution in [3.8, 4) is 6.07 Å². The van der Waals surface area contributed by atoms with Gasteiger partial charge in [-0.2, -0.15) is 5.26 Å². The summed E-state index contributed by atoms with van der Waals surface area (Å²) in [6.07, 6.45) is 0. The van der Waals surface area contributed by atoms with E-state index in [0.29, 0.717) is 10.6 Å². The Morgan fingerprint density at radius 2 is 2.20 bits per heavy atom. The lowest BCUT2D eigenvalue weighted by Gasteiger charge is -2.27. The molecule has 2 atom stereocenters. The number of primary amides is 1. The van der Waals surface area contributed by atoms with Crippen molar-refractivity contribution in [2.45, 2.75) is 5.92 Å². The molecule has 0 saturated carbocycles. The highest BCUT2D eigenvalue weighted by molar-refractivity contribution is 7.84. The second-order valence-corrected chi connectivity index (χ2v) is 5.14. The van der Waals surface area contributed by atoms with Crippen molar-refractivity contribution in [2.24, 2.45) is 22.4 Å².